The quantitative estimate of drug-likeness (QED) is 0.805. The summed E-state index contributed by atoms with van der Waals surface area (Å²) in [5.41, 5.74) is 0.680. The zero-order valence-corrected chi connectivity index (χ0v) is 15.8. The number of amides is 1. The van der Waals surface area contributed by atoms with Crippen LogP contribution >= 0.6 is 11.3 Å². The molecule has 2 N–H and O–H groups in total. The zero-order chi connectivity index (χ0) is 18.7. The summed E-state index contributed by atoms with van der Waals surface area (Å²) in [7, 11) is -3.74. The Morgan fingerprint density at radius 2 is 2.19 bits per heavy atom. The fourth-order valence-electron chi connectivity index (χ4n) is 2.99. The molecule has 1 aliphatic rings. The van der Waals surface area contributed by atoms with Gasteiger partial charge in [-0.3, -0.25) is 4.79 Å². The van der Waals surface area contributed by atoms with Crippen LogP contribution in [-0.4, -0.2) is 44.9 Å². The van der Waals surface area contributed by atoms with E-state index in [4.69, 9.17) is 0 Å². The van der Waals surface area contributed by atoms with Gasteiger partial charge in [0.15, 0.2) is 0 Å². The summed E-state index contributed by atoms with van der Waals surface area (Å²) in [5, 5.41) is 4.86. The van der Waals surface area contributed by atoms with Crippen molar-refractivity contribution in [2.24, 2.45) is 0 Å². The normalized spacial score (nSPS) is 19.3. The number of rotatable bonds is 5. The van der Waals surface area contributed by atoms with Crippen molar-refractivity contribution in [2.45, 2.75) is 23.2 Å². The van der Waals surface area contributed by atoms with Gasteiger partial charge in [0.25, 0.3) is 10.0 Å². The molecule has 1 aliphatic heterocycles. The molecular weight excluding hydrogens is 377 g/mol. The molecule has 6 nitrogen and oxygen atoms in total. The fraction of sp³-hybridized carbons (Fsp3) is 0.353. The minimum absolute atomic E-state index is 0.166. The van der Waals surface area contributed by atoms with E-state index in [1.165, 1.54) is 25.1 Å². The number of sulfonamides is 1. The summed E-state index contributed by atoms with van der Waals surface area (Å²) in [4.78, 5) is 14.5. The zero-order valence-electron chi connectivity index (χ0n) is 14.2. The molecule has 1 saturated heterocycles. The van der Waals surface area contributed by atoms with E-state index in [1.54, 1.807) is 28.5 Å². The second-order valence-corrected chi connectivity index (χ2v) is 8.97. The molecule has 140 valence electrons. The number of hydrogen-bond donors (Lipinski definition) is 2. The number of halogens is 1. The van der Waals surface area contributed by atoms with Crippen LogP contribution in [0.15, 0.2) is 46.0 Å². The molecule has 26 heavy (non-hydrogen) atoms. The Kier molecular flexibility index (Phi) is 5.71. The van der Waals surface area contributed by atoms with Gasteiger partial charge < -0.3 is 10.2 Å². The summed E-state index contributed by atoms with van der Waals surface area (Å²) in [6.07, 6.45) is 0. The molecule has 0 bridgehead atoms. The standard InChI is InChI=1S/C17H20FN3O3S2/c1-12(20-26(23,24)16-6-3-9-25-16)17(22)21-8-7-19-11-15(21)13-4-2-5-14(18)10-13/h2-6,9-10,12,15,19-20H,7-8,11H2,1H3. The summed E-state index contributed by atoms with van der Waals surface area (Å²) < 4.78 is 40.9. The van der Waals surface area contributed by atoms with E-state index in [2.05, 4.69) is 10.0 Å². The maximum Gasteiger partial charge on any atom is 0.250 e. The Labute approximate surface area is 156 Å². The van der Waals surface area contributed by atoms with Crippen LogP contribution in [0.2, 0.25) is 0 Å². The minimum Gasteiger partial charge on any atom is -0.332 e. The number of carbonyl (C=O) groups excluding carboxylic acids is 1. The van der Waals surface area contributed by atoms with Gasteiger partial charge in [-0.1, -0.05) is 18.2 Å². The van der Waals surface area contributed by atoms with E-state index in [0.29, 0.717) is 25.2 Å². The van der Waals surface area contributed by atoms with Crippen molar-refractivity contribution < 1.29 is 17.6 Å². The topological polar surface area (TPSA) is 78.5 Å². The summed E-state index contributed by atoms with van der Waals surface area (Å²) in [6, 6.07) is 7.98. The van der Waals surface area contributed by atoms with Gasteiger partial charge in [0.2, 0.25) is 5.91 Å². The minimum atomic E-state index is -3.74. The summed E-state index contributed by atoms with van der Waals surface area (Å²) in [5.74, 6) is -0.701. The van der Waals surface area contributed by atoms with Crippen LogP contribution in [0.3, 0.4) is 0 Å². The lowest BCUT2D eigenvalue weighted by Gasteiger charge is -2.38. The first kappa shape index (κ1) is 19.0. The van der Waals surface area contributed by atoms with Crippen LogP contribution < -0.4 is 10.0 Å². The van der Waals surface area contributed by atoms with Gasteiger partial charge in [-0.05, 0) is 36.1 Å². The third-order valence-electron chi connectivity index (χ3n) is 4.22. The molecule has 2 aromatic rings. The monoisotopic (exact) mass is 397 g/mol. The molecule has 1 aromatic carbocycles. The number of nitrogens with zero attached hydrogens (tertiary/aromatic N) is 1. The molecule has 0 aliphatic carbocycles. The van der Waals surface area contributed by atoms with Crippen molar-refractivity contribution in [3.05, 3.63) is 53.2 Å². The molecule has 2 atom stereocenters. The second-order valence-electron chi connectivity index (χ2n) is 6.08. The molecule has 9 heteroatoms. The van der Waals surface area contributed by atoms with E-state index in [1.807, 2.05) is 0 Å². The Balaban J connectivity index is 1.78. The van der Waals surface area contributed by atoms with Crippen molar-refractivity contribution in [2.75, 3.05) is 19.6 Å². The predicted octanol–water partition coefficient (Wildman–Crippen LogP) is 1.73. The van der Waals surface area contributed by atoms with Gasteiger partial charge in [-0.2, -0.15) is 4.72 Å². The predicted molar refractivity (Wildman–Crippen MR) is 97.8 cm³/mol. The number of thiophene rings is 1. The molecule has 1 amide bonds. The van der Waals surface area contributed by atoms with Crippen LogP contribution in [0.5, 0.6) is 0 Å². The first-order chi connectivity index (χ1) is 12.4. The van der Waals surface area contributed by atoms with E-state index in [0.717, 1.165) is 11.3 Å². The highest BCUT2D eigenvalue weighted by molar-refractivity contribution is 7.91. The van der Waals surface area contributed by atoms with Gasteiger partial charge in [0, 0.05) is 19.6 Å². The van der Waals surface area contributed by atoms with Crippen molar-refractivity contribution in [3.8, 4) is 0 Å². The van der Waals surface area contributed by atoms with Crippen LogP contribution in [0.25, 0.3) is 0 Å². The van der Waals surface area contributed by atoms with Gasteiger partial charge in [-0.15, -0.1) is 11.3 Å². The first-order valence-electron chi connectivity index (χ1n) is 8.21. The van der Waals surface area contributed by atoms with Crippen molar-refractivity contribution >= 4 is 27.3 Å². The maximum atomic E-state index is 13.6. The lowest BCUT2D eigenvalue weighted by Crippen LogP contribution is -2.54. The molecule has 2 heterocycles. The smallest absolute Gasteiger partial charge is 0.250 e. The molecule has 1 aromatic heterocycles. The highest BCUT2D eigenvalue weighted by Crippen LogP contribution is 2.24. The van der Waals surface area contributed by atoms with Gasteiger partial charge in [0.1, 0.15) is 10.0 Å². The van der Waals surface area contributed by atoms with E-state index in [-0.39, 0.29) is 22.0 Å². The lowest BCUT2D eigenvalue weighted by atomic mass is 10.0. The van der Waals surface area contributed by atoms with Crippen LogP contribution in [0.4, 0.5) is 4.39 Å². The second kappa shape index (κ2) is 7.83. The Bertz CT molecular complexity index is 871. The number of hydrogen-bond acceptors (Lipinski definition) is 5. The van der Waals surface area contributed by atoms with Crippen molar-refractivity contribution in [1.82, 2.24) is 14.9 Å². The van der Waals surface area contributed by atoms with Crippen molar-refractivity contribution in [3.63, 3.8) is 0 Å². The van der Waals surface area contributed by atoms with E-state index >= 15 is 0 Å². The average molecular weight is 397 g/mol. The SMILES string of the molecule is CC(NS(=O)(=O)c1cccs1)C(=O)N1CCNCC1c1cccc(F)c1. The summed E-state index contributed by atoms with van der Waals surface area (Å²) >= 11 is 1.09. The lowest BCUT2D eigenvalue weighted by molar-refractivity contribution is -0.136. The third-order valence-corrected chi connectivity index (χ3v) is 7.16. The highest BCUT2D eigenvalue weighted by atomic mass is 32.2. The molecule has 0 spiro atoms. The fourth-order valence-corrected chi connectivity index (χ4v) is 5.19. The Hall–Kier alpha value is -1.81. The average Bonchev–Trinajstić information content (AvgIpc) is 3.16. The van der Waals surface area contributed by atoms with Gasteiger partial charge in [-0.25, -0.2) is 12.8 Å². The molecule has 3 rings (SSSR count). The number of carbonyl (C=O) groups is 1. The Morgan fingerprint density at radius 3 is 2.88 bits per heavy atom. The van der Waals surface area contributed by atoms with E-state index < -0.39 is 16.1 Å². The molecule has 0 radical (unpaired) electrons. The van der Waals surface area contributed by atoms with Crippen molar-refractivity contribution in [1.29, 1.82) is 0 Å². The molecular formula is C17H20FN3O3S2. The Morgan fingerprint density at radius 1 is 1.38 bits per heavy atom. The van der Waals surface area contributed by atoms with Crippen LogP contribution in [-0.2, 0) is 14.8 Å². The third kappa shape index (κ3) is 4.12. The summed E-state index contributed by atoms with van der Waals surface area (Å²) in [6.45, 7) is 3.03. The van der Waals surface area contributed by atoms with Gasteiger partial charge in [0.05, 0.1) is 12.1 Å². The highest BCUT2D eigenvalue weighted by Gasteiger charge is 2.32. The van der Waals surface area contributed by atoms with E-state index in [9.17, 15) is 17.6 Å². The maximum absolute atomic E-state index is 13.6. The van der Waals surface area contributed by atoms with Crippen LogP contribution in [0, 0.1) is 5.82 Å². The number of piperazine rings is 1. The molecule has 2 unspecified atom stereocenters. The van der Waals surface area contributed by atoms with Crippen LogP contribution in [0.1, 0.15) is 18.5 Å². The largest absolute Gasteiger partial charge is 0.332 e. The number of nitrogens with one attached hydrogen (secondary N) is 2. The van der Waals surface area contributed by atoms with Gasteiger partial charge >= 0.3 is 0 Å². The molecule has 0 saturated carbocycles. The first-order valence-corrected chi connectivity index (χ1v) is 10.6. The molecule has 1 fully saturated rings. The number of benzene rings is 1.